The van der Waals surface area contributed by atoms with Gasteiger partial charge in [0.25, 0.3) is 5.95 Å². The van der Waals surface area contributed by atoms with E-state index < -0.39 is 5.95 Å². The lowest BCUT2D eigenvalue weighted by atomic mass is 10.4. The summed E-state index contributed by atoms with van der Waals surface area (Å²) in [6.45, 7) is 0.885. The first-order chi connectivity index (χ1) is 6.27. The van der Waals surface area contributed by atoms with E-state index in [0.717, 1.165) is 12.5 Å². The summed E-state index contributed by atoms with van der Waals surface area (Å²) in [5.41, 5.74) is 0. The topological polar surface area (TPSA) is 29.0 Å². The van der Waals surface area contributed by atoms with E-state index in [2.05, 4.69) is 9.97 Å². The van der Waals surface area contributed by atoms with Crippen molar-refractivity contribution in [2.75, 3.05) is 18.5 Å². The lowest BCUT2D eigenvalue weighted by Gasteiger charge is -2.16. The highest BCUT2D eigenvalue weighted by molar-refractivity contribution is 5.35. The first-order valence-corrected chi connectivity index (χ1v) is 4.45. The molecule has 1 aromatic rings. The third-order valence-electron chi connectivity index (χ3n) is 2.23. The zero-order valence-corrected chi connectivity index (χ0v) is 7.57. The molecule has 0 saturated heterocycles. The molecule has 1 aliphatic rings. The number of aromatic nitrogens is 2. The summed E-state index contributed by atoms with van der Waals surface area (Å²) >= 11 is 0. The van der Waals surface area contributed by atoms with Gasteiger partial charge in [-0.3, -0.25) is 0 Å². The van der Waals surface area contributed by atoms with Gasteiger partial charge >= 0.3 is 0 Å². The number of nitrogens with zero attached hydrogens (tertiary/aromatic N) is 3. The van der Waals surface area contributed by atoms with Gasteiger partial charge in [0.1, 0.15) is 0 Å². The van der Waals surface area contributed by atoms with E-state index in [0.29, 0.717) is 5.82 Å². The van der Waals surface area contributed by atoms with Gasteiger partial charge in [-0.2, -0.15) is 4.39 Å². The Hall–Kier alpha value is -1.19. The predicted octanol–water partition coefficient (Wildman–Crippen LogP) is 1.46. The van der Waals surface area contributed by atoms with Crippen molar-refractivity contribution in [3.05, 3.63) is 18.3 Å². The van der Waals surface area contributed by atoms with Crippen LogP contribution in [-0.4, -0.2) is 23.6 Å². The quantitative estimate of drug-likeness (QED) is 0.707. The van der Waals surface area contributed by atoms with Crippen LogP contribution in [0, 0.1) is 11.9 Å². The van der Waals surface area contributed by atoms with Crippen LogP contribution >= 0.6 is 0 Å². The molecule has 70 valence electrons. The number of anilines is 1. The monoisotopic (exact) mass is 181 g/mol. The van der Waals surface area contributed by atoms with Crippen LogP contribution in [0.1, 0.15) is 12.8 Å². The Morgan fingerprint density at radius 3 is 2.77 bits per heavy atom. The Kier molecular flexibility index (Phi) is 2.12. The summed E-state index contributed by atoms with van der Waals surface area (Å²) < 4.78 is 13.1. The molecule has 0 spiro atoms. The molecule has 2 rings (SSSR count). The van der Waals surface area contributed by atoms with E-state index in [-0.39, 0.29) is 0 Å². The molecule has 0 aliphatic heterocycles. The molecule has 4 heteroatoms. The van der Waals surface area contributed by atoms with Crippen LogP contribution in [0.3, 0.4) is 0 Å². The molecule has 0 radical (unpaired) electrons. The minimum absolute atomic E-state index is 0.356. The van der Waals surface area contributed by atoms with E-state index in [4.69, 9.17) is 0 Å². The second kappa shape index (κ2) is 3.28. The van der Waals surface area contributed by atoms with Gasteiger partial charge in [0, 0.05) is 26.0 Å². The number of hydrogen-bond acceptors (Lipinski definition) is 3. The molecule has 0 N–H and O–H groups in total. The smallest absolute Gasteiger partial charge is 0.255 e. The first kappa shape index (κ1) is 8.41. The molecule has 0 unspecified atom stereocenters. The molecular weight excluding hydrogens is 169 g/mol. The fourth-order valence-corrected chi connectivity index (χ4v) is 1.34. The van der Waals surface area contributed by atoms with E-state index in [9.17, 15) is 4.39 Å². The molecule has 1 aliphatic carbocycles. The van der Waals surface area contributed by atoms with Crippen LogP contribution in [-0.2, 0) is 0 Å². The Balaban J connectivity index is 2.09. The number of rotatable bonds is 3. The molecule has 1 saturated carbocycles. The Bertz CT molecular complexity index is 299. The second-order valence-electron chi connectivity index (χ2n) is 3.49. The zero-order valence-electron chi connectivity index (χ0n) is 7.57. The second-order valence-corrected chi connectivity index (χ2v) is 3.49. The van der Waals surface area contributed by atoms with Crippen LogP contribution in [0.4, 0.5) is 10.2 Å². The Morgan fingerprint density at radius 1 is 1.46 bits per heavy atom. The normalized spacial score (nSPS) is 15.8. The highest BCUT2D eigenvalue weighted by Gasteiger charge is 2.24. The summed E-state index contributed by atoms with van der Waals surface area (Å²) in [5.74, 6) is 0.603. The maximum atomic E-state index is 13.1. The third-order valence-corrected chi connectivity index (χ3v) is 2.23. The maximum Gasteiger partial charge on any atom is 0.255 e. The molecule has 0 atom stereocenters. The van der Waals surface area contributed by atoms with Gasteiger partial charge in [-0.1, -0.05) is 0 Å². The van der Waals surface area contributed by atoms with Crippen LogP contribution in [0.5, 0.6) is 0 Å². The zero-order chi connectivity index (χ0) is 9.26. The Morgan fingerprint density at radius 2 is 2.15 bits per heavy atom. The Labute approximate surface area is 76.6 Å². The minimum Gasteiger partial charge on any atom is -0.356 e. The molecule has 1 heterocycles. The lowest BCUT2D eigenvalue weighted by molar-refractivity contribution is 0.569. The van der Waals surface area contributed by atoms with Crippen molar-refractivity contribution in [1.29, 1.82) is 0 Å². The fraction of sp³-hybridized carbons (Fsp3) is 0.556. The van der Waals surface area contributed by atoms with E-state index in [1.807, 2.05) is 11.9 Å². The van der Waals surface area contributed by atoms with E-state index in [1.54, 1.807) is 0 Å². The average molecular weight is 181 g/mol. The summed E-state index contributed by atoms with van der Waals surface area (Å²) in [7, 11) is 1.85. The van der Waals surface area contributed by atoms with Crippen LogP contribution in [0.2, 0.25) is 0 Å². The highest BCUT2D eigenvalue weighted by atomic mass is 19.1. The fourth-order valence-electron chi connectivity index (χ4n) is 1.34. The van der Waals surface area contributed by atoms with Crippen molar-refractivity contribution < 1.29 is 4.39 Å². The molecule has 0 bridgehead atoms. The van der Waals surface area contributed by atoms with Crippen molar-refractivity contribution in [2.45, 2.75) is 12.8 Å². The molecule has 0 aromatic carbocycles. The van der Waals surface area contributed by atoms with Crippen molar-refractivity contribution in [3.8, 4) is 0 Å². The van der Waals surface area contributed by atoms with Gasteiger partial charge in [-0.25, -0.2) is 9.97 Å². The summed E-state index contributed by atoms with van der Waals surface area (Å²) in [6, 6.07) is 0. The first-order valence-electron chi connectivity index (χ1n) is 4.45. The highest BCUT2D eigenvalue weighted by Crippen LogP contribution is 2.30. The van der Waals surface area contributed by atoms with Crippen LogP contribution < -0.4 is 4.90 Å². The summed E-state index contributed by atoms with van der Waals surface area (Å²) in [5, 5.41) is 0. The van der Waals surface area contributed by atoms with Gasteiger partial charge in [-0.05, 0) is 18.8 Å². The van der Waals surface area contributed by atoms with Crippen molar-refractivity contribution in [3.63, 3.8) is 0 Å². The van der Waals surface area contributed by atoms with E-state index >= 15 is 0 Å². The van der Waals surface area contributed by atoms with Gasteiger partial charge in [0.15, 0.2) is 5.82 Å². The van der Waals surface area contributed by atoms with Gasteiger partial charge in [0.2, 0.25) is 0 Å². The van der Waals surface area contributed by atoms with Crippen LogP contribution in [0.15, 0.2) is 12.4 Å². The summed E-state index contributed by atoms with van der Waals surface area (Å²) in [4.78, 5) is 9.34. The number of hydrogen-bond donors (Lipinski definition) is 0. The summed E-state index contributed by atoms with van der Waals surface area (Å²) in [6.07, 6.45) is 5.39. The standard InChI is InChI=1S/C9H12FN3/c1-13(6-7-2-3-7)9-8(10)11-4-5-12-9/h4-5,7H,2-3,6H2,1H3. The molecule has 3 nitrogen and oxygen atoms in total. The SMILES string of the molecule is CN(CC1CC1)c1nccnc1F. The van der Waals surface area contributed by atoms with Crippen molar-refractivity contribution in [1.82, 2.24) is 9.97 Å². The van der Waals surface area contributed by atoms with Crippen LogP contribution in [0.25, 0.3) is 0 Å². The minimum atomic E-state index is -0.481. The van der Waals surface area contributed by atoms with Gasteiger partial charge in [-0.15, -0.1) is 0 Å². The average Bonchev–Trinajstić information content (AvgIpc) is 2.89. The molecule has 1 aromatic heterocycles. The molecule has 0 amide bonds. The maximum absolute atomic E-state index is 13.1. The molecule has 13 heavy (non-hydrogen) atoms. The molecule has 1 fully saturated rings. The van der Waals surface area contributed by atoms with Gasteiger partial charge < -0.3 is 4.90 Å². The lowest BCUT2D eigenvalue weighted by Crippen LogP contribution is -2.22. The van der Waals surface area contributed by atoms with Gasteiger partial charge in [0.05, 0.1) is 0 Å². The van der Waals surface area contributed by atoms with Crippen molar-refractivity contribution in [2.24, 2.45) is 5.92 Å². The third kappa shape index (κ3) is 1.94. The largest absolute Gasteiger partial charge is 0.356 e. The number of halogens is 1. The van der Waals surface area contributed by atoms with Crippen molar-refractivity contribution >= 4 is 5.82 Å². The molecular formula is C9H12FN3. The van der Waals surface area contributed by atoms with E-state index in [1.165, 1.54) is 25.2 Å². The predicted molar refractivity (Wildman–Crippen MR) is 48.0 cm³/mol.